The van der Waals surface area contributed by atoms with E-state index in [0.717, 1.165) is 0 Å². The summed E-state index contributed by atoms with van der Waals surface area (Å²) in [7, 11) is 1.24. The Kier molecular flexibility index (Phi) is 9.74. The highest BCUT2D eigenvalue weighted by atomic mass is 19.4. The minimum Gasteiger partial charge on any atom is -0.504 e. The Morgan fingerprint density at radius 3 is 1.53 bits per heavy atom. The average Bonchev–Trinajstić information content (AvgIpc) is 3.55. The van der Waals surface area contributed by atoms with E-state index >= 15 is 0 Å². The quantitative estimate of drug-likeness (QED) is 0.156. The van der Waals surface area contributed by atoms with Crippen molar-refractivity contribution in [1.82, 2.24) is 0 Å². The summed E-state index contributed by atoms with van der Waals surface area (Å²) < 4.78 is 171. The van der Waals surface area contributed by atoms with Crippen LogP contribution in [0.3, 0.4) is 0 Å². The van der Waals surface area contributed by atoms with Gasteiger partial charge in [-0.15, -0.1) is 0 Å². The molecule has 1 N–H and O–H groups in total. The molecule has 7 rings (SSSR count). The molecule has 6 atom stereocenters. The molecule has 4 amide bonds. The number of fused-ring (bicyclic) bond motifs is 4. The molecule has 8 nitrogen and oxygen atoms in total. The number of nitrogens with zero attached hydrogens (tertiary/aromatic N) is 2. The Morgan fingerprint density at radius 2 is 1.07 bits per heavy atom. The lowest BCUT2D eigenvalue weighted by Gasteiger charge is -2.42. The molecule has 2 aliphatic carbocycles. The number of halogens is 12. The maximum Gasteiger partial charge on any atom is 0.416 e. The molecule has 20 heteroatoms. The van der Waals surface area contributed by atoms with Crippen LogP contribution in [0.25, 0.3) is 6.08 Å². The van der Waals surface area contributed by atoms with Gasteiger partial charge in [-0.05, 0) is 72.9 Å². The number of benzene rings is 3. The SMILES string of the molecule is COc1cc(C=CC2C3=CCC4C(=O)N(c5cc(C(F)(F)F)cc(C(F)(F)F)c5)C(=O)C4C3CC3C(=O)N(c4cc(C(F)(F)F)cc(C(F)(F)F)c4)C(=O)C23)ccc1O. The number of anilines is 2. The number of alkyl halides is 12. The number of aromatic hydroxyl groups is 1. The molecular weight excluding hydrogens is 820 g/mol. The lowest BCUT2D eigenvalue weighted by molar-refractivity contribution is -0.144. The molecule has 1 saturated carbocycles. The van der Waals surface area contributed by atoms with Crippen molar-refractivity contribution in [3.63, 3.8) is 0 Å². The number of amides is 4. The van der Waals surface area contributed by atoms with Crippen LogP contribution in [-0.4, -0.2) is 35.8 Å². The normalized spacial score (nSPS) is 25.1. The number of hydrogen-bond acceptors (Lipinski definition) is 6. The van der Waals surface area contributed by atoms with E-state index in [2.05, 4.69) is 0 Å². The van der Waals surface area contributed by atoms with Gasteiger partial charge in [-0.3, -0.25) is 19.2 Å². The summed E-state index contributed by atoms with van der Waals surface area (Å²) in [5, 5.41) is 10.1. The zero-order valence-electron chi connectivity index (χ0n) is 29.7. The summed E-state index contributed by atoms with van der Waals surface area (Å²) in [6, 6.07) is 4.38. The van der Waals surface area contributed by atoms with Crippen LogP contribution in [-0.2, 0) is 43.9 Å². The number of ether oxygens (including phenoxy) is 1. The van der Waals surface area contributed by atoms with Crippen LogP contribution >= 0.6 is 0 Å². The Labute approximate surface area is 324 Å². The standard InChI is InChI=1S/C39H26F12N2O6/c1-59-29-8-16(3-7-28(29)54)2-4-24-23-5-6-25-31(35(58)52(32(25)55)21-11-17(36(40,41)42)9-18(12-21)37(43,44)45)26(23)15-27-30(24)34(57)53(33(27)56)22-13-19(38(46,47)48)10-20(14-22)39(49,50)51/h2-5,7-14,24-27,30-31,54H,6,15H2,1H3. The minimum atomic E-state index is -5.36. The first-order valence-electron chi connectivity index (χ1n) is 17.4. The molecule has 0 spiro atoms. The number of hydrogen-bond donors (Lipinski definition) is 1. The predicted octanol–water partition coefficient (Wildman–Crippen LogP) is 9.07. The highest BCUT2D eigenvalue weighted by molar-refractivity contribution is 6.24. The third-order valence-electron chi connectivity index (χ3n) is 11.1. The zero-order valence-corrected chi connectivity index (χ0v) is 29.7. The van der Waals surface area contributed by atoms with Gasteiger partial charge in [0.05, 0.1) is 64.4 Å². The predicted molar refractivity (Wildman–Crippen MR) is 180 cm³/mol. The van der Waals surface area contributed by atoms with Crippen molar-refractivity contribution in [2.24, 2.45) is 35.5 Å². The average molecular weight is 847 g/mol. The molecule has 2 saturated heterocycles. The van der Waals surface area contributed by atoms with E-state index in [0.29, 0.717) is 5.56 Å². The Morgan fingerprint density at radius 1 is 0.610 bits per heavy atom. The van der Waals surface area contributed by atoms with Crippen molar-refractivity contribution in [1.29, 1.82) is 0 Å². The lowest BCUT2D eigenvalue weighted by Crippen LogP contribution is -2.43. The van der Waals surface area contributed by atoms with Gasteiger partial charge in [0, 0.05) is 5.92 Å². The van der Waals surface area contributed by atoms with E-state index in [1.807, 2.05) is 0 Å². The van der Waals surface area contributed by atoms with Crippen LogP contribution in [0.2, 0.25) is 0 Å². The number of rotatable bonds is 5. The summed E-state index contributed by atoms with van der Waals surface area (Å²) in [5.74, 6) is -13.6. The van der Waals surface area contributed by atoms with Gasteiger partial charge in [0.15, 0.2) is 11.5 Å². The van der Waals surface area contributed by atoms with E-state index in [9.17, 15) is 77.0 Å². The fourth-order valence-electron chi connectivity index (χ4n) is 8.51. The summed E-state index contributed by atoms with van der Waals surface area (Å²) in [6.45, 7) is 0. The molecular formula is C39H26F12N2O6. The second kappa shape index (κ2) is 13.9. The first-order chi connectivity index (χ1) is 27.3. The van der Waals surface area contributed by atoms with Gasteiger partial charge < -0.3 is 9.84 Å². The van der Waals surface area contributed by atoms with Crippen molar-refractivity contribution in [2.45, 2.75) is 37.5 Å². The largest absolute Gasteiger partial charge is 0.504 e. The smallest absolute Gasteiger partial charge is 0.416 e. The number of phenolic OH excluding ortho intramolecular Hbond substituents is 1. The molecule has 0 aromatic heterocycles. The van der Waals surface area contributed by atoms with Crippen LogP contribution in [0.4, 0.5) is 64.1 Å². The molecule has 3 fully saturated rings. The molecule has 6 unspecified atom stereocenters. The number of carbonyl (C=O) groups is 4. The summed E-state index contributed by atoms with van der Waals surface area (Å²) in [5.41, 5.74) is -8.84. The Hall–Kier alpha value is -5.82. The molecule has 0 radical (unpaired) electrons. The van der Waals surface area contributed by atoms with Gasteiger partial charge in [-0.1, -0.05) is 29.9 Å². The molecule has 3 aromatic rings. The van der Waals surface area contributed by atoms with Crippen molar-refractivity contribution in [2.75, 3.05) is 16.9 Å². The third-order valence-corrected chi connectivity index (χ3v) is 11.1. The lowest BCUT2D eigenvalue weighted by atomic mass is 9.58. The summed E-state index contributed by atoms with van der Waals surface area (Å²) in [6.07, 6.45) is -18.1. The Bertz CT molecular complexity index is 2280. The van der Waals surface area contributed by atoms with E-state index in [4.69, 9.17) is 4.74 Å². The third kappa shape index (κ3) is 7.19. The highest BCUT2D eigenvalue weighted by Crippen LogP contribution is 2.57. The van der Waals surface area contributed by atoms with Gasteiger partial charge in [-0.2, -0.15) is 52.7 Å². The monoisotopic (exact) mass is 846 g/mol. The fraction of sp³-hybridized carbons (Fsp3) is 0.333. The summed E-state index contributed by atoms with van der Waals surface area (Å²) >= 11 is 0. The fourth-order valence-corrected chi connectivity index (χ4v) is 8.51. The van der Waals surface area contributed by atoms with Crippen molar-refractivity contribution >= 4 is 41.1 Å². The molecule has 3 aromatic carbocycles. The van der Waals surface area contributed by atoms with E-state index in [1.54, 1.807) is 0 Å². The number of imide groups is 2. The molecule has 2 aliphatic heterocycles. The van der Waals surface area contributed by atoms with Crippen molar-refractivity contribution in [3.05, 3.63) is 100 Å². The molecule has 0 bridgehead atoms. The van der Waals surface area contributed by atoms with Gasteiger partial charge in [0.25, 0.3) is 0 Å². The second-order valence-corrected chi connectivity index (χ2v) is 14.4. The first kappa shape index (κ1) is 41.3. The zero-order chi connectivity index (χ0) is 43.3. The number of methoxy groups -OCH3 is 1. The van der Waals surface area contributed by atoms with E-state index < -0.39 is 124 Å². The van der Waals surface area contributed by atoms with Crippen LogP contribution in [0.15, 0.2) is 72.3 Å². The van der Waals surface area contributed by atoms with E-state index in [1.165, 1.54) is 43.5 Å². The van der Waals surface area contributed by atoms with Crippen molar-refractivity contribution < 1.29 is 81.7 Å². The minimum absolute atomic E-state index is 0.00647. The number of phenols is 1. The van der Waals surface area contributed by atoms with Crippen LogP contribution in [0, 0.1) is 35.5 Å². The van der Waals surface area contributed by atoms with Gasteiger partial charge in [-0.25, -0.2) is 9.80 Å². The Balaban J connectivity index is 1.34. The van der Waals surface area contributed by atoms with Gasteiger partial charge in [0.2, 0.25) is 23.6 Å². The van der Waals surface area contributed by atoms with Crippen LogP contribution in [0.5, 0.6) is 11.5 Å². The molecule has 312 valence electrons. The van der Waals surface area contributed by atoms with Gasteiger partial charge in [0.1, 0.15) is 0 Å². The first-order valence-corrected chi connectivity index (χ1v) is 17.4. The van der Waals surface area contributed by atoms with Crippen LogP contribution < -0.4 is 14.5 Å². The van der Waals surface area contributed by atoms with Crippen LogP contribution in [0.1, 0.15) is 40.7 Å². The number of allylic oxidation sites excluding steroid dienone is 3. The summed E-state index contributed by atoms with van der Waals surface area (Å²) in [4.78, 5) is 56.8. The molecule has 2 heterocycles. The maximum absolute atomic E-state index is 14.2. The van der Waals surface area contributed by atoms with E-state index in [-0.39, 0.29) is 69.7 Å². The molecule has 59 heavy (non-hydrogen) atoms. The maximum atomic E-state index is 14.2. The number of carbonyl (C=O) groups excluding carboxylic acids is 4. The topological polar surface area (TPSA) is 104 Å². The van der Waals surface area contributed by atoms with Crippen molar-refractivity contribution in [3.8, 4) is 11.5 Å². The molecule has 4 aliphatic rings. The second-order valence-electron chi connectivity index (χ2n) is 14.4. The highest BCUT2D eigenvalue weighted by Gasteiger charge is 2.62. The van der Waals surface area contributed by atoms with Gasteiger partial charge >= 0.3 is 24.7 Å².